The largest absolute Gasteiger partial charge is 0.467 e. The average Bonchev–Trinajstić information content (AvgIpc) is 3.39. The van der Waals surface area contributed by atoms with Crippen LogP contribution in [0.25, 0.3) is 20.8 Å². The molecule has 4 rings (SSSR count). The van der Waals surface area contributed by atoms with Gasteiger partial charge in [0.15, 0.2) is 0 Å². The lowest BCUT2D eigenvalue weighted by molar-refractivity contribution is -0.142. The third-order valence-corrected chi connectivity index (χ3v) is 7.60. The van der Waals surface area contributed by atoms with Crippen LogP contribution < -0.4 is 10.6 Å². The second kappa shape index (κ2) is 10.6. The van der Waals surface area contributed by atoms with Crippen molar-refractivity contribution >= 4 is 39.3 Å². The Morgan fingerprint density at radius 2 is 1.94 bits per heavy atom. The van der Waals surface area contributed by atoms with Crippen molar-refractivity contribution in [2.45, 2.75) is 58.4 Å². The molecule has 3 aromatic heterocycles. The van der Waals surface area contributed by atoms with Gasteiger partial charge in [-0.05, 0) is 32.3 Å². The van der Waals surface area contributed by atoms with Gasteiger partial charge in [-0.15, -0.1) is 11.3 Å². The van der Waals surface area contributed by atoms with Gasteiger partial charge >= 0.3 is 5.97 Å². The van der Waals surface area contributed by atoms with Gasteiger partial charge in [-0.25, -0.2) is 14.8 Å². The topological polar surface area (TPSA) is 163 Å². The lowest BCUT2D eigenvalue weighted by Gasteiger charge is -2.23. The lowest BCUT2D eigenvalue weighted by atomic mass is 10.1. The Morgan fingerprint density at radius 3 is 2.56 bits per heavy atom. The fraction of sp³-hybridized carbons (Fsp3) is 0.542. The first-order valence-corrected chi connectivity index (χ1v) is 12.6. The van der Waals surface area contributed by atoms with Crippen molar-refractivity contribution in [2.75, 3.05) is 24.4 Å². The second-order valence-electron chi connectivity index (χ2n) is 9.42. The van der Waals surface area contributed by atoms with E-state index in [2.05, 4.69) is 25.6 Å². The lowest BCUT2D eigenvalue weighted by Crippen LogP contribution is -2.37. The van der Waals surface area contributed by atoms with Gasteiger partial charge in [0.05, 0.1) is 40.9 Å². The molecule has 0 aliphatic heterocycles. The maximum atomic E-state index is 12.3. The summed E-state index contributed by atoms with van der Waals surface area (Å²) in [4.78, 5) is 30.7. The number of pyridine rings is 1. The number of carbonyl (C=O) groups excluding carboxylic acids is 1. The van der Waals surface area contributed by atoms with Crippen LogP contribution in [0.1, 0.15) is 31.7 Å². The summed E-state index contributed by atoms with van der Waals surface area (Å²) in [6, 6.07) is 0.675. The van der Waals surface area contributed by atoms with Gasteiger partial charge in [0.25, 0.3) is 0 Å². The maximum Gasteiger partial charge on any atom is 0.328 e. The molecule has 0 saturated heterocycles. The Balaban J connectivity index is 1.79. The van der Waals surface area contributed by atoms with Crippen molar-refractivity contribution in [2.24, 2.45) is 11.8 Å². The van der Waals surface area contributed by atoms with Crippen LogP contribution >= 0.6 is 11.3 Å². The maximum absolute atomic E-state index is 12.3. The normalized spacial score (nSPS) is 22.7. The van der Waals surface area contributed by atoms with Crippen molar-refractivity contribution in [3.8, 4) is 10.6 Å². The second-order valence-corrected chi connectivity index (χ2v) is 10.4. The molecule has 1 aliphatic rings. The molecule has 5 unspecified atom stereocenters. The van der Waals surface area contributed by atoms with Crippen molar-refractivity contribution in [1.82, 2.24) is 19.9 Å². The molecule has 0 amide bonds. The Morgan fingerprint density at radius 1 is 1.19 bits per heavy atom. The van der Waals surface area contributed by atoms with Crippen LogP contribution in [-0.2, 0) is 9.53 Å². The van der Waals surface area contributed by atoms with Crippen molar-refractivity contribution in [3.05, 3.63) is 23.7 Å². The Labute approximate surface area is 213 Å². The van der Waals surface area contributed by atoms with Crippen LogP contribution in [0.5, 0.6) is 0 Å². The number of aromatic nitrogens is 4. The van der Waals surface area contributed by atoms with E-state index in [1.54, 1.807) is 6.20 Å². The molecule has 0 aromatic carbocycles. The number of thiazole rings is 1. The third kappa shape index (κ3) is 4.99. The zero-order chi connectivity index (χ0) is 26.1. The van der Waals surface area contributed by atoms with E-state index < -0.39 is 36.2 Å². The van der Waals surface area contributed by atoms with Gasteiger partial charge < -0.3 is 30.7 Å². The monoisotopic (exact) mass is 516 g/mol. The van der Waals surface area contributed by atoms with E-state index >= 15 is 0 Å². The van der Waals surface area contributed by atoms with Crippen LogP contribution in [0, 0.1) is 25.7 Å². The van der Waals surface area contributed by atoms with Gasteiger partial charge in [-0.2, -0.15) is 4.98 Å². The molecule has 12 heteroatoms. The molecule has 36 heavy (non-hydrogen) atoms. The number of carbonyl (C=O) groups is 1. The highest BCUT2D eigenvalue weighted by Crippen LogP contribution is 2.38. The Kier molecular flexibility index (Phi) is 7.69. The highest BCUT2D eigenvalue weighted by atomic mass is 32.1. The van der Waals surface area contributed by atoms with Crippen LogP contribution in [0.15, 0.2) is 12.3 Å². The van der Waals surface area contributed by atoms with Crippen molar-refractivity contribution < 1.29 is 24.9 Å². The minimum atomic E-state index is -1.10. The van der Waals surface area contributed by atoms with E-state index in [9.17, 15) is 20.1 Å². The highest BCUT2D eigenvalue weighted by molar-refractivity contribution is 7.21. The summed E-state index contributed by atoms with van der Waals surface area (Å²) in [5.41, 5.74) is 2.85. The fourth-order valence-corrected chi connectivity index (χ4v) is 5.59. The summed E-state index contributed by atoms with van der Waals surface area (Å²) in [5.74, 6) is -0.360. The first kappa shape index (κ1) is 26.1. The SMILES string of the molecule is COC(=O)C(Nc1nc(C)c(-c2nc3c(C)nccc3s2)c(NC2CC(CO)C(O)C2O)n1)C(C)C. The van der Waals surface area contributed by atoms with E-state index in [0.717, 1.165) is 15.9 Å². The quantitative estimate of drug-likeness (QED) is 0.278. The summed E-state index contributed by atoms with van der Waals surface area (Å²) in [7, 11) is 1.33. The van der Waals surface area contributed by atoms with Gasteiger partial charge in [0.2, 0.25) is 5.95 Å². The Bertz CT molecular complexity index is 1250. The number of aryl methyl sites for hydroxylation is 2. The minimum absolute atomic E-state index is 0.0886. The summed E-state index contributed by atoms with van der Waals surface area (Å²) >= 11 is 1.47. The van der Waals surface area contributed by atoms with Crippen LogP contribution in [0.4, 0.5) is 11.8 Å². The minimum Gasteiger partial charge on any atom is -0.467 e. The highest BCUT2D eigenvalue weighted by Gasteiger charge is 2.41. The van der Waals surface area contributed by atoms with E-state index in [0.29, 0.717) is 28.5 Å². The number of nitrogens with zero attached hydrogens (tertiary/aromatic N) is 4. The molecule has 5 atom stereocenters. The standard InChI is InChI=1S/C24H32N6O5S/c1-10(2)17(23(34)35-5)29-24-26-11(3)16(22-28-18-12(4)25-7-6-15(18)36-22)21(30-24)27-14-8-13(9-31)19(32)20(14)33/h6-7,10,13-14,17,19-20,31-33H,8-9H2,1-5H3,(H2,26,27,29,30). The Hall–Kier alpha value is -2.93. The number of aliphatic hydroxyl groups excluding tert-OH is 3. The number of ether oxygens (including phenoxy) is 1. The van der Waals surface area contributed by atoms with E-state index in [4.69, 9.17) is 9.72 Å². The number of esters is 1. The molecule has 11 nitrogen and oxygen atoms in total. The smallest absolute Gasteiger partial charge is 0.328 e. The number of methoxy groups -OCH3 is 1. The van der Waals surface area contributed by atoms with E-state index in [1.165, 1.54) is 18.4 Å². The first-order chi connectivity index (χ1) is 17.1. The summed E-state index contributed by atoms with van der Waals surface area (Å²) in [5, 5.41) is 37.6. The van der Waals surface area contributed by atoms with Gasteiger partial charge in [-0.3, -0.25) is 4.98 Å². The molecule has 194 valence electrons. The third-order valence-electron chi connectivity index (χ3n) is 6.56. The number of anilines is 2. The molecule has 3 heterocycles. The molecule has 0 spiro atoms. The molecule has 1 aliphatic carbocycles. The number of rotatable bonds is 8. The zero-order valence-electron chi connectivity index (χ0n) is 20.9. The predicted octanol–water partition coefficient (Wildman–Crippen LogP) is 1.89. The summed E-state index contributed by atoms with van der Waals surface area (Å²) in [6.45, 7) is 7.25. The molecule has 0 bridgehead atoms. The first-order valence-electron chi connectivity index (χ1n) is 11.8. The van der Waals surface area contributed by atoms with Crippen LogP contribution in [0.2, 0.25) is 0 Å². The number of nitrogens with one attached hydrogen (secondary N) is 2. The van der Waals surface area contributed by atoms with Crippen LogP contribution in [-0.4, -0.2) is 79.2 Å². The van der Waals surface area contributed by atoms with Crippen molar-refractivity contribution in [3.63, 3.8) is 0 Å². The summed E-state index contributed by atoms with van der Waals surface area (Å²) < 4.78 is 5.90. The number of aliphatic hydroxyl groups is 3. The fourth-order valence-electron chi connectivity index (χ4n) is 4.48. The van der Waals surface area contributed by atoms with Gasteiger partial charge in [-0.1, -0.05) is 13.8 Å². The van der Waals surface area contributed by atoms with Gasteiger partial charge in [0.1, 0.15) is 28.5 Å². The average molecular weight is 517 g/mol. The molecule has 5 N–H and O–H groups in total. The molecular weight excluding hydrogens is 484 g/mol. The molecule has 3 aromatic rings. The van der Waals surface area contributed by atoms with Gasteiger partial charge in [0, 0.05) is 18.7 Å². The van der Waals surface area contributed by atoms with Crippen LogP contribution in [0.3, 0.4) is 0 Å². The number of fused-ring (bicyclic) bond motifs is 1. The van der Waals surface area contributed by atoms with Crippen molar-refractivity contribution in [1.29, 1.82) is 0 Å². The summed E-state index contributed by atoms with van der Waals surface area (Å²) in [6.07, 6.45) is -0.0671. The van der Waals surface area contributed by atoms with E-state index in [-0.39, 0.29) is 18.5 Å². The number of hydrogen-bond donors (Lipinski definition) is 5. The molecule has 1 fully saturated rings. The molecule has 1 saturated carbocycles. The number of hydrogen-bond acceptors (Lipinski definition) is 12. The molecular formula is C24H32N6O5S. The van der Waals surface area contributed by atoms with E-state index in [1.807, 2.05) is 33.8 Å². The zero-order valence-corrected chi connectivity index (χ0v) is 21.7. The molecule has 0 radical (unpaired) electrons. The predicted molar refractivity (Wildman–Crippen MR) is 137 cm³/mol.